The number of nitrogens with zero attached hydrogens (tertiary/aromatic N) is 3. The van der Waals surface area contributed by atoms with Crippen molar-refractivity contribution in [2.45, 2.75) is 38.3 Å². The minimum atomic E-state index is -0.135. The molecule has 30 heavy (non-hydrogen) atoms. The average molecular weight is 406 g/mol. The molecular formula is C23H26N4O3. The first-order valence-electron chi connectivity index (χ1n) is 10.1. The highest BCUT2D eigenvalue weighted by Crippen LogP contribution is 2.37. The van der Waals surface area contributed by atoms with E-state index in [0.29, 0.717) is 24.0 Å². The molecular weight excluding hydrogens is 380 g/mol. The van der Waals surface area contributed by atoms with Gasteiger partial charge in [-0.05, 0) is 48.1 Å². The van der Waals surface area contributed by atoms with Crippen molar-refractivity contribution in [3.05, 3.63) is 59.8 Å². The van der Waals surface area contributed by atoms with Gasteiger partial charge in [0, 0.05) is 12.1 Å². The molecule has 4 rings (SSSR count). The summed E-state index contributed by atoms with van der Waals surface area (Å²) in [5.74, 6) is 1.82. The van der Waals surface area contributed by atoms with Crippen LogP contribution in [0.25, 0.3) is 11.3 Å². The summed E-state index contributed by atoms with van der Waals surface area (Å²) in [6, 6.07) is 14.0. The van der Waals surface area contributed by atoms with Crippen molar-refractivity contribution in [3.63, 3.8) is 0 Å². The van der Waals surface area contributed by atoms with Crippen LogP contribution < -0.4 is 14.8 Å². The highest BCUT2D eigenvalue weighted by Gasteiger charge is 2.20. The molecule has 1 aliphatic rings. The third-order valence-electron chi connectivity index (χ3n) is 5.54. The quantitative estimate of drug-likeness (QED) is 0.619. The van der Waals surface area contributed by atoms with E-state index in [9.17, 15) is 4.79 Å². The lowest BCUT2D eigenvalue weighted by atomic mass is 9.79. The maximum Gasteiger partial charge on any atom is 0.242 e. The molecule has 0 atom stereocenters. The molecule has 0 aliphatic heterocycles. The van der Waals surface area contributed by atoms with E-state index >= 15 is 0 Å². The Morgan fingerprint density at radius 1 is 1.13 bits per heavy atom. The van der Waals surface area contributed by atoms with Crippen molar-refractivity contribution in [2.24, 2.45) is 0 Å². The van der Waals surface area contributed by atoms with Crippen molar-refractivity contribution in [2.75, 3.05) is 14.2 Å². The van der Waals surface area contributed by atoms with Gasteiger partial charge in [0.2, 0.25) is 5.91 Å². The molecule has 1 aliphatic carbocycles. The summed E-state index contributed by atoms with van der Waals surface area (Å²) in [7, 11) is 3.18. The van der Waals surface area contributed by atoms with Gasteiger partial charge in [-0.1, -0.05) is 35.9 Å². The number of amides is 1. The number of aromatic nitrogens is 3. The standard InChI is InChI=1S/C23H26N4O3/c1-29-21-10-9-16(11-22(21)30-2)13-24-23(28)15-27-14-20(25-26-27)19-8-4-7-18(12-19)17-5-3-6-17/h4,7-12,14,17H,3,5-6,13,15H2,1-2H3,(H,24,28). The van der Waals surface area contributed by atoms with Gasteiger partial charge in [-0.25, -0.2) is 4.68 Å². The summed E-state index contributed by atoms with van der Waals surface area (Å²) in [5, 5.41) is 11.3. The molecule has 1 amide bonds. The molecule has 1 heterocycles. The predicted octanol–water partition coefficient (Wildman–Crippen LogP) is 3.55. The van der Waals surface area contributed by atoms with E-state index in [1.165, 1.54) is 24.8 Å². The number of carbonyl (C=O) groups is 1. The maximum absolute atomic E-state index is 12.3. The number of nitrogens with one attached hydrogen (secondary N) is 1. The van der Waals surface area contributed by atoms with E-state index in [-0.39, 0.29) is 12.5 Å². The van der Waals surface area contributed by atoms with Crippen LogP contribution in [0.1, 0.15) is 36.3 Å². The lowest BCUT2D eigenvalue weighted by Gasteiger charge is -2.25. The fraction of sp³-hybridized carbons (Fsp3) is 0.348. The van der Waals surface area contributed by atoms with Gasteiger partial charge >= 0.3 is 0 Å². The van der Waals surface area contributed by atoms with Gasteiger partial charge in [-0.15, -0.1) is 5.10 Å². The Labute approximate surface area is 176 Å². The molecule has 7 heteroatoms. The highest BCUT2D eigenvalue weighted by molar-refractivity contribution is 5.75. The maximum atomic E-state index is 12.3. The summed E-state index contributed by atoms with van der Waals surface area (Å²) < 4.78 is 12.1. The Balaban J connectivity index is 1.35. The van der Waals surface area contributed by atoms with E-state index in [4.69, 9.17) is 9.47 Å². The molecule has 7 nitrogen and oxygen atoms in total. The van der Waals surface area contributed by atoms with Crippen LogP contribution in [0.5, 0.6) is 11.5 Å². The highest BCUT2D eigenvalue weighted by atomic mass is 16.5. The molecule has 0 saturated heterocycles. The minimum absolute atomic E-state index is 0.114. The van der Waals surface area contributed by atoms with Crippen LogP contribution in [-0.2, 0) is 17.9 Å². The number of hydrogen-bond acceptors (Lipinski definition) is 5. The van der Waals surface area contributed by atoms with Gasteiger partial charge in [-0.3, -0.25) is 4.79 Å². The normalized spacial score (nSPS) is 13.5. The number of carbonyl (C=O) groups excluding carboxylic acids is 1. The molecule has 0 bridgehead atoms. The van der Waals surface area contributed by atoms with Crippen LogP contribution in [0.15, 0.2) is 48.7 Å². The third kappa shape index (κ3) is 4.45. The van der Waals surface area contributed by atoms with Crippen LogP contribution in [0.4, 0.5) is 0 Å². The van der Waals surface area contributed by atoms with Crippen molar-refractivity contribution >= 4 is 5.91 Å². The number of rotatable bonds is 8. The predicted molar refractivity (Wildman–Crippen MR) is 113 cm³/mol. The molecule has 1 aromatic heterocycles. The topological polar surface area (TPSA) is 78.3 Å². The van der Waals surface area contributed by atoms with E-state index in [2.05, 4.69) is 33.8 Å². The number of methoxy groups -OCH3 is 2. The molecule has 0 unspecified atom stereocenters. The van der Waals surface area contributed by atoms with Gasteiger partial charge in [0.1, 0.15) is 12.2 Å². The Morgan fingerprint density at radius 3 is 2.70 bits per heavy atom. The first-order valence-corrected chi connectivity index (χ1v) is 10.1. The molecule has 3 aromatic rings. The van der Waals surface area contributed by atoms with E-state index in [1.54, 1.807) is 18.9 Å². The van der Waals surface area contributed by atoms with Gasteiger partial charge in [-0.2, -0.15) is 0 Å². The van der Waals surface area contributed by atoms with Crippen LogP contribution in [0.3, 0.4) is 0 Å². The second-order valence-corrected chi connectivity index (χ2v) is 7.52. The summed E-state index contributed by atoms with van der Waals surface area (Å²) in [6.45, 7) is 0.507. The fourth-order valence-corrected chi connectivity index (χ4v) is 3.60. The smallest absolute Gasteiger partial charge is 0.242 e. The number of benzene rings is 2. The fourth-order valence-electron chi connectivity index (χ4n) is 3.60. The van der Waals surface area contributed by atoms with Crippen molar-refractivity contribution < 1.29 is 14.3 Å². The molecule has 2 aromatic carbocycles. The summed E-state index contributed by atoms with van der Waals surface area (Å²) >= 11 is 0. The minimum Gasteiger partial charge on any atom is -0.493 e. The Morgan fingerprint density at radius 2 is 1.97 bits per heavy atom. The monoisotopic (exact) mass is 406 g/mol. The number of hydrogen-bond donors (Lipinski definition) is 1. The average Bonchev–Trinajstić information content (AvgIpc) is 3.19. The van der Waals surface area contributed by atoms with Crippen molar-refractivity contribution in [3.8, 4) is 22.8 Å². The van der Waals surface area contributed by atoms with Crippen LogP contribution in [0, 0.1) is 0 Å². The Kier molecular flexibility index (Phi) is 5.97. The van der Waals surface area contributed by atoms with Gasteiger partial charge in [0.15, 0.2) is 11.5 Å². The summed E-state index contributed by atoms with van der Waals surface area (Å²) in [4.78, 5) is 12.3. The summed E-state index contributed by atoms with van der Waals surface area (Å²) in [5.41, 5.74) is 4.11. The second kappa shape index (κ2) is 8.98. The van der Waals surface area contributed by atoms with Crippen LogP contribution in [-0.4, -0.2) is 35.1 Å². The molecule has 156 valence electrons. The van der Waals surface area contributed by atoms with Crippen molar-refractivity contribution in [1.29, 1.82) is 0 Å². The number of ether oxygens (including phenoxy) is 2. The zero-order chi connectivity index (χ0) is 20.9. The lowest BCUT2D eigenvalue weighted by molar-refractivity contribution is -0.122. The lowest BCUT2D eigenvalue weighted by Crippen LogP contribution is -2.27. The van der Waals surface area contributed by atoms with Crippen LogP contribution >= 0.6 is 0 Å². The summed E-state index contributed by atoms with van der Waals surface area (Å²) in [6.07, 6.45) is 5.64. The van der Waals surface area contributed by atoms with Gasteiger partial charge in [0.05, 0.1) is 20.4 Å². The molecule has 1 saturated carbocycles. The molecule has 1 fully saturated rings. The largest absolute Gasteiger partial charge is 0.493 e. The zero-order valence-corrected chi connectivity index (χ0v) is 17.3. The van der Waals surface area contributed by atoms with E-state index in [0.717, 1.165) is 16.8 Å². The van der Waals surface area contributed by atoms with E-state index in [1.807, 2.05) is 30.5 Å². The Bertz CT molecular complexity index is 1030. The van der Waals surface area contributed by atoms with Gasteiger partial charge < -0.3 is 14.8 Å². The molecule has 0 spiro atoms. The Hall–Kier alpha value is -3.35. The molecule has 0 radical (unpaired) electrons. The second-order valence-electron chi connectivity index (χ2n) is 7.52. The third-order valence-corrected chi connectivity index (χ3v) is 5.54. The van der Waals surface area contributed by atoms with Gasteiger partial charge in [0.25, 0.3) is 0 Å². The molecule has 1 N–H and O–H groups in total. The zero-order valence-electron chi connectivity index (χ0n) is 17.3. The first kappa shape index (κ1) is 19.9. The SMILES string of the molecule is COc1ccc(CNC(=O)Cn2cc(-c3cccc(C4CCC4)c3)nn2)cc1OC. The van der Waals surface area contributed by atoms with Crippen LogP contribution in [0.2, 0.25) is 0 Å². The first-order chi connectivity index (χ1) is 14.7. The van der Waals surface area contributed by atoms with Crippen molar-refractivity contribution in [1.82, 2.24) is 20.3 Å². The van der Waals surface area contributed by atoms with E-state index < -0.39 is 0 Å².